The van der Waals surface area contributed by atoms with Crippen LogP contribution in [-0.2, 0) is 16.4 Å². The molecule has 0 atom stereocenters. The molecule has 1 aliphatic heterocycles. The lowest BCUT2D eigenvalue weighted by Gasteiger charge is -2.18. The zero-order valence-electron chi connectivity index (χ0n) is 14.3. The Morgan fingerprint density at radius 2 is 2.12 bits per heavy atom. The van der Waals surface area contributed by atoms with Crippen LogP contribution in [0, 0.1) is 6.92 Å². The van der Waals surface area contributed by atoms with Gasteiger partial charge in [0, 0.05) is 16.7 Å². The topological polar surface area (TPSA) is 110 Å². The summed E-state index contributed by atoms with van der Waals surface area (Å²) in [7, 11) is -2.58. The number of amides is 2. The Kier molecular flexibility index (Phi) is 5.33. The Morgan fingerprint density at radius 3 is 2.88 bits per heavy atom. The van der Waals surface area contributed by atoms with Crippen LogP contribution in [0.2, 0.25) is 0 Å². The second kappa shape index (κ2) is 7.50. The smallest absolute Gasteiger partial charge is 0.335 e. The molecule has 0 saturated heterocycles. The zero-order chi connectivity index (χ0) is 18.7. The second-order valence-electron chi connectivity index (χ2n) is 5.63. The average Bonchev–Trinajstić information content (AvgIpc) is 2.60. The summed E-state index contributed by atoms with van der Waals surface area (Å²) >= 11 is 1.49. The molecule has 0 radical (unpaired) electrons. The highest BCUT2D eigenvalue weighted by atomic mass is 32.2. The summed E-state index contributed by atoms with van der Waals surface area (Å²) in [5, 5.41) is 2.33. The van der Waals surface area contributed by atoms with Gasteiger partial charge in [0.2, 0.25) is 11.8 Å². The van der Waals surface area contributed by atoms with Crippen LogP contribution in [0.15, 0.2) is 34.1 Å². The fourth-order valence-electron chi connectivity index (χ4n) is 2.57. The number of carbonyl (C=O) groups excluding carboxylic acids is 1. The maximum atomic E-state index is 12.6. The number of hydrogen-bond donors (Lipinski definition) is 2. The van der Waals surface area contributed by atoms with E-state index in [9.17, 15) is 13.2 Å². The van der Waals surface area contributed by atoms with E-state index >= 15 is 0 Å². The number of sulfonamides is 1. The Hall–Kier alpha value is -2.33. The number of nitrogens with zero attached hydrogens (tertiary/aromatic N) is 2. The first-order chi connectivity index (χ1) is 12.4. The largest absolute Gasteiger partial charge is 0.481 e. The SMILES string of the molecule is COc1cc(C)nc(NC(=O)NS(=O)(=O)c2cccc3c2SCCC3)n1. The number of carbonyl (C=O) groups is 1. The number of hydrogen-bond acceptors (Lipinski definition) is 7. The van der Waals surface area contributed by atoms with Gasteiger partial charge < -0.3 is 4.74 Å². The number of urea groups is 1. The van der Waals surface area contributed by atoms with Crippen molar-refractivity contribution < 1.29 is 17.9 Å². The van der Waals surface area contributed by atoms with E-state index in [0.29, 0.717) is 10.6 Å². The number of fused-ring (bicyclic) bond motifs is 1. The average molecular weight is 394 g/mol. The highest BCUT2D eigenvalue weighted by Crippen LogP contribution is 2.35. The zero-order valence-corrected chi connectivity index (χ0v) is 15.9. The summed E-state index contributed by atoms with van der Waals surface area (Å²) in [4.78, 5) is 21.0. The van der Waals surface area contributed by atoms with Crippen molar-refractivity contribution in [2.24, 2.45) is 0 Å². The first kappa shape index (κ1) is 18.5. The summed E-state index contributed by atoms with van der Waals surface area (Å²) < 4.78 is 32.3. The molecule has 1 aromatic carbocycles. The molecule has 0 saturated carbocycles. The minimum absolute atomic E-state index is 0.0426. The molecule has 10 heteroatoms. The van der Waals surface area contributed by atoms with Gasteiger partial charge in [-0.1, -0.05) is 12.1 Å². The van der Waals surface area contributed by atoms with Crippen LogP contribution >= 0.6 is 11.8 Å². The first-order valence-corrected chi connectivity index (χ1v) is 10.3. The van der Waals surface area contributed by atoms with Gasteiger partial charge in [0.1, 0.15) is 4.90 Å². The lowest BCUT2D eigenvalue weighted by atomic mass is 10.1. The third-order valence-corrected chi connectivity index (χ3v) is 6.45. The van der Waals surface area contributed by atoms with Crippen LogP contribution in [0.1, 0.15) is 17.7 Å². The minimum Gasteiger partial charge on any atom is -0.481 e. The van der Waals surface area contributed by atoms with E-state index in [1.807, 2.05) is 10.8 Å². The molecule has 26 heavy (non-hydrogen) atoms. The second-order valence-corrected chi connectivity index (χ2v) is 8.39. The van der Waals surface area contributed by atoms with E-state index in [2.05, 4.69) is 15.3 Å². The van der Waals surface area contributed by atoms with Crippen molar-refractivity contribution in [3.8, 4) is 5.88 Å². The third-order valence-electron chi connectivity index (χ3n) is 3.68. The number of benzene rings is 1. The van der Waals surface area contributed by atoms with Gasteiger partial charge in [-0.25, -0.2) is 22.9 Å². The predicted octanol–water partition coefficient (Wildman–Crippen LogP) is 2.34. The molecule has 0 bridgehead atoms. The van der Waals surface area contributed by atoms with Crippen molar-refractivity contribution in [3.05, 3.63) is 35.5 Å². The van der Waals surface area contributed by atoms with Gasteiger partial charge in [-0.15, -0.1) is 11.8 Å². The number of aromatic nitrogens is 2. The highest BCUT2D eigenvalue weighted by Gasteiger charge is 2.25. The van der Waals surface area contributed by atoms with Gasteiger partial charge in [0.05, 0.1) is 7.11 Å². The van der Waals surface area contributed by atoms with Crippen molar-refractivity contribution >= 4 is 33.8 Å². The number of anilines is 1. The van der Waals surface area contributed by atoms with Crippen LogP contribution in [0.5, 0.6) is 5.88 Å². The summed E-state index contributed by atoms with van der Waals surface area (Å²) in [5.74, 6) is 1.08. The number of nitrogens with one attached hydrogen (secondary N) is 2. The molecule has 2 N–H and O–H groups in total. The van der Waals surface area contributed by atoms with Crippen molar-refractivity contribution in [1.82, 2.24) is 14.7 Å². The minimum atomic E-state index is -4.02. The molecule has 2 aromatic rings. The molecule has 1 aliphatic rings. The van der Waals surface area contributed by atoms with Gasteiger partial charge in [0.25, 0.3) is 10.0 Å². The number of thioether (sulfide) groups is 1. The Morgan fingerprint density at radius 1 is 1.31 bits per heavy atom. The Labute approximate surface area is 155 Å². The number of methoxy groups -OCH3 is 1. The Balaban J connectivity index is 1.80. The molecule has 3 rings (SSSR count). The standard InChI is InChI=1S/C16H18N4O4S2/c1-10-9-13(24-2)18-15(17-10)19-16(21)20-26(22,23)12-7-3-5-11-6-4-8-25-14(11)12/h3,5,7,9H,4,6,8H2,1-2H3,(H2,17,18,19,20,21). The van der Waals surface area contributed by atoms with Crippen molar-refractivity contribution in [3.63, 3.8) is 0 Å². The lowest BCUT2D eigenvalue weighted by molar-refractivity contribution is 0.256. The first-order valence-electron chi connectivity index (χ1n) is 7.87. The van der Waals surface area contributed by atoms with E-state index in [4.69, 9.17) is 4.74 Å². The summed E-state index contributed by atoms with van der Waals surface area (Å²) in [6.45, 7) is 1.71. The fraction of sp³-hybridized carbons (Fsp3) is 0.312. The van der Waals surface area contributed by atoms with Crippen LogP contribution in [0.3, 0.4) is 0 Å². The van der Waals surface area contributed by atoms with E-state index in [1.54, 1.807) is 19.1 Å². The molecule has 2 amide bonds. The molecule has 8 nitrogen and oxygen atoms in total. The lowest BCUT2D eigenvalue weighted by Crippen LogP contribution is -2.35. The van der Waals surface area contributed by atoms with Gasteiger partial charge in [-0.3, -0.25) is 5.32 Å². The third kappa shape index (κ3) is 4.07. The van der Waals surface area contributed by atoms with Gasteiger partial charge in [0.15, 0.2) is 0 Å². The van der Waals surface area contributed by atoms with E-state index in [-0.39, 0.29) is 16.7 Å². The van der Waals surface area contributed by atoms with Gasteiger partial charge in [-0.2, -0.15) is 4.98 Å². The summed E-state index contributed by atoms with van der Waals surface area (Å²) in [6.07, 6.45) is 1.83. The number of rotatable bonds is 4. The van der Waals surface area contributed by atoms with Crippen LogP contribution in [0.4, 0.5) is 10.7 Å². The quantitative estimate of drug-likeness (QED) is 0.819. The Bertz CT molecular complexity index is 947. The van der Waals surface area contributed by atoms with E-state index in [1.165, 1.54) is 24.9 Å². The predicted molar refractivity (Wildman–Crippen MR) is 98.1 cm³/mol. The maximum Gasteiger partial charge on any atom is 0.335 e. The number of ether oxygens (including phenoxy) is 1. The molecule has 1 aromatic heterocycles. The van der Waals surface area contributed by atoms with Crippen molar-refractivity contribution in [2.75, 3.05) is 18.2 Å². The molecular formula is C16H18N4O4S2. The number of aryl methyl sites for hydroxylation is 2. The van der Waals surface area contributed by atoms with Crippen molar-refractivity contribution in [1.29, 1.82) is 0 Å². The van der Waals surface area contributed by atoms with Crippen LogP contribution in [-0.4, -0.2) is 37.3 Å². The molecule has 138 valence electrons. The van der Waals surface area contributed by atoms with Crippen LogP contribution in [0.25, 0.3) is 0 Å². The normalized spacial score (nSPS) is 13.6. The molecule has 0 unspecified atom stereocenters. The van der Waals surface area contributed by atoms with Crippen LogP contribution < -0.4 is 14.8 Å². The van der Waals surface area contributed by atoms with Gasteiger partial charge in [-0.05, 0) is 37.1 Å². The van der Waals surface area contributed by atoms with Gasteiger partial charge >= 0.3 is 6.03 Å². The highest BCUT2D eigenvalue weighted by molar-refractivity contribution is 8.00. The molecule has 0 spiro atoms. The molecule has 2 heterocycles. The van der Waals surface area contributed by atoms with E-state index < -0.39 is 16.1 Å². The maximum absolute atomic E-state index is 12.6. The molecule has 0 aliphatic carbocycles. The molecular weight excluding hydrogens is 376 g/mol. The fourth-order valence-corrected chi connectivity index (χ4v) is 5.18. The van der Waals surface area contributed by atoms with Crippen molar-refractivity contribution in [2.45, 2.75) is 29.6 Å². The summed E-state index contributed by atoms with van der Waals surface area (Å²) in [6, 6.07) is 5.75. The van der Waals surface area contributed by atoms with E-state index in [0.717, 1.165) is 24.2 Å². The monoisotopic (exact) mass is 394 g/mol. The molecule has 0 fully saturated rings. The summed E-state index contributed by atoms with van der Waals surface area (Å²) in [5.41, 5.74) is 1.56.